The SMILES string of the molecule is Cc1cccc(CSc2nc3scc(-c4ccccc4)c3c(=O)[nH]2)c1. The number of thiophene rings is 1. The van der Waals surface area contributed by atoms with Crippen molar-refractivity contribution >= 4 is 33.3 Å². The van der Waals surface area contributed by atoms with Crippen LogP contribution >= 0.6 is 23.1 Å². The van der Waals surface area contributed by atoms with Gasteiger partial charge in [-0.1, -0.05) is 71.9 Å². The highest BCUT2D eigenvalue weighted by Gasteiger charge is 2.13. The predicted molar refractivity (Wildman–Crippen MR) is 106 cm³/mol. The molecule has 0 radical (unpaired) electrons. The van der Waals surface area contributed by atoms with Crippen LogP contribution in [-0.2, 0) is 5.75 Å². The summed E-state index contributed by atoms with van der Waals surface area (Å²) in [6.07, 6.45) is 0. The average molecular weight is 364 g/mol. The molecule has 124 valence electrons. The van der Waals surface area contributed by atoms with Crippen LogP contribution in [0.3, 0.4) is 0 Å². The number of aromatic amines is 1. The molecule has 0 bridgehead atoms. The summed E-state index contributed by atoms with van der Waals surface area (Å²) in [4.78, 5) is 21.0. The molecule has 0 fully saturated rings. The lowest BCUT2D eigenvalue weighted by Crippen LogP contribution is -2.08. The van der Waals surface area contributed by atoms with Gasteiger partial charge in [-0.2, -0.15) is 0 Å². The van der Waals surface area contributed by atoms with E-state index in [0.29, 0.717) is 10.5 Å². The number of benzene rings is 2. The first kappa shape index (κ1) is 16.1. The number of aryl methyl sites for hydroxylation is 1. The number of H-pyrrole nitrogens is 1. The van der Waals surface area contributed by atoms with Crippen LogP contribution in [0.25, 0.3) is 21.3 Å². The highest BCUT2D eigenvalue weighted by atomic mass is 32.2. The van der Waals surface area contributed by atoms with E-state index >= 15 is 0 Å². The van der Waals surface area contributed by atoms with Gasteiger partial charge in [-0.15, -0.1) is 11.3 Å². The topological polar surface area (TPSA) is 45.8 Å². The molecule has 0 saturated carbocycles. The molecule has 5 heteroatoms. The van der Waals surface area contributed by atoms with Gasteiger partial charge in [-0.25, -0.2) is 4.98 Å². The van der Waals surface area contributed by atoms with Crippen LogP contribution in [0.1, 0.15) is 11.1 Å². The van der Waals surface area contributed by atoms with E-state index in [1.807, 2.05) is 35.7 Å². The number of thioether (sulfide) groups is 1. The summed E-state index contributed by atoms with van der Waals surface area (Å²) >= 11 is 3.07. The molecule has 0 atom stereocenters. The Labute approximate surface area is 153 Å². The summed E-state index contributed by atoms with van der Waals surface area (Å²) in [6, 6.07) is 18.3. The molecule has 0 amide bonds. The van der Waals surface area contributed by atoms with Crippen LogP contribution in [0.5, 0.6) is 0 Å². The van der Waals surface area contributed by atoms with Crippen molar-refractivity contribution in [3.8, 4) is 11.1 Å². The fourth-order valence-electron chi connectivity index (χ4n) is 2.78. The Bertz CT molecular complexity index is 1080. The van der Waals surface area contributed by atoms with Gasteiger partial charge in [-0.05, 0) is 18.1 Å². The Hall–Kier alpha value is -2.37. The molecule has 3 nitrogen and oxygen atoms in total. The lowest BCUT2D eigenvalue weighted by atomic mass is 10.1. The van der Waals surface area contributed by atoms with E-state index in [1.165, 1.54) is 22.5 Å². The fraction of sp³-hybridized carbons (Fsp3) is 0.100. The molecular formula is C20H16N2OS2. The molecule has 0 aliphatic heterocycles. The first-order chi connectivity index (χ1) is 12.2. The van der Waals surface area contributed by atoms with E-state index in [4.69, 9.17) is 0 Å². The third kappa shape index (κ3) is 3.38. The number of aromatic nitrogens is 2. The van der Waals surface area contributed by atoms with Gasteiger partial charge in [0.2, 0.25) is 0 Å². The largest absolute Gasteiger partial charge is 0.301 e. The number of fused-ring (bicyclic) bond motifs is 1. The van der Waals surface area contributed by atoms with Gasteiger partial charge in [0.05, 0.1) is 5.39 Å². The molecule has 2 heterocycles. The van der Waals surface area contributed by atoms with Crippen molar-refractivity contribution in [1.82, 2.24) is 9.97 Å². The Morgan fingerprint density at radius 2 is 1.96 bits per heavy atom. The summed E-state index contributed by atoms with van der Waals surface area (Å²) in [6.45, 7) is 2.08. The maximum absolute atomic E-state index is 12.6. The standard InChI is InChI=1S/C20H16N2OS2/c1-13-6-5-7-14(10-13)11-25-20-21-18(23)17-16(12-24-19(17)22-20)15-8-3-2-4-9-15/h2-10,12H,11H2,1H3,(H,21,22,23). The lowest BCUT2D eigenvalue weighted by Gasteiger charge is -2.03. The minimum Gasteiger partial charge on any atom is -0.301 e. The highest BCUT2D eigenvalue weighted by Crippen LogP contribution is 2.31. The second kappa shape index (κ2) is 6.86. The Kier molecular flexibility index (Phi) is 4.42. The minimum atomic E-state index is -0.0724. The first-order valence-corrected chi connectivity index (χ1v) is 9.82. The Morgan fingerprint density at radius 3 is 2.76 bits per heavy atom. The Balaban J connectivity index is 1.66. The molecule has 0 saturated heterocycles. The summed E-state index contributed by atoms with van der Waals surface area (Å²) in [7, 11) is 0. The van der Waals surface area contributed by atoms with Gasteiger partial charge in [0.1, 0.15) is 4.83 Å². The minimum absolute atomic E-state index is 0.0724. The van der Waals surface area contributed by atoms with Crippen LogP contribution in [0.2, 0.25) is 0 Å². The number of rotatable bonds is 4. The van der Waals surface area contributed by atoms with Gasteiger partial charge in [0.15, 0.2) is 5.16 Å². The molecule has 2 aromatic heterocycles. The molecule has 4 aromatic rings. The van der Waals surface area contributed by atoms with Gasteiger partial charge in [0.25, 0.3) is 5.56 Å². The maximum Gasteiger partial charge on any atom is 0.260 e. The summed E-state index contributed by atoms with van der Waals surface area (Å²) < 4.78 is 0. The van der Waals surface area contributed by atoms with Gasteiger partial charge in [-0.3, -0.25) is 4.79 Å². The highest BCUT2D eigenvalue weighted by molar-refractivity contribution is 7.98. The predicted octanol–water partition coefficient (Wildman–Crippen LogP) is 5.25. The molecule has 0 aliphatic carbocycles. The van der Waals surface area contributed by atoms with Crippen LogP contribution in [0.4, 0.5) is 0 Å². The van der Waals surface area contributed by atoms with E-state index < -0.39 is 0 Å². The zero-order valence-electron chi connectivity index (χ0n) is 13.7. The third-order valence-corrected chi connectivity index (χ3v) is 5.78. The van der Waals surface area contributed by atoms with E-state index in [9.17, 15) is 4.79 Å². The molecule has 0 spiro atoms. The van der Waals surface area contributed by atoms with Crippen molar-refractivity contribution in [2.45, 2.75) is 17.8 Å². The van der Waals surface area contributed by atoms with Crippen LogP contribution in [0.15, 0.2) is 69.9 Å². The van der Waals surface area contributed by atoms with Crippen molar-refractivity contribution in [3.05, 3.63) is 81.5 Å². The van der Waals surface area contributed by atoms with Crippen molar-refractivity contribution in [2.75, 3.05) is 0 Å². The first-order valence-electron chi connectivity index (χ1n) is 7.96. The van der Waals surface area contributed by atoms with E-state index in [1.54, 1.807) is 11.8 Å². The summed E-state index contributed by atoms with van der Waals surface area (Å²) in [5, 5.41) is 3.36. The maximum atomic E-state index is 12.6. The monoisotopic (exact) mass is 364 g/mol. The van der Waals surface area contributed by atoms with E-state index in [0.717, 1.165) is 21.7 Å². The van der Waals surface area contributed by atoms with Gasteiger partial charge >= 0.3 is 0 Å². The summed E-state index contributed by atoms with van der Waals surface area (Å²) in [5.74, 6) is 0.785. The van der Waals surface area contributed by atoms with Crippen molar-refractivity contribution in [1.29, 1.82) is 0 Å². The normalized spacial score (nSPS) is 11.1. The molecular weight excluding hydrogens is 348 g/mol. The van der Waals surface area contributed by atoms with Gasteiger partial charge < -0.3 is 4.98 Å². The number of nitrogens with zero attached hydrogens (tertiary/aromatic N) is 1. The molecule has 0 aliphatic rings. The molecule has 1 N–H and O–H groups in total. The zero-order chi connectivity index (χ0) is 17.2. The zero-order valence-corrected chi connectivity index (χ0v) is 15.3. The van der Waals surface area contributed by atoms with Crippen LogP contribution in [0, 0.1) is 6.92 Å². The quantitative estimate of drug-likeness (QED) is 0.397. The van der Waals surface area contributed by atoms with Gasteiger partial charge in [0, 0.05) is 16.7 Å². The van der Waals surface area contributed by atoms with Crippen LogP contribution < -0.4 is 5.56 Å². The van der Waals surface area contributed by atoms with Crippen molar-refractivity contribution < 1.29 is 0 Å². The molecule has 4 rings (SSSR count). The van der Waals surface area contributed by atoms with E-state index in [2.05, 4.69) is 41.2 Å². The molecule has 0 unspecified atom stereocenters. The van der Waals surface area contributed by atoms with Crippen molar-refractivity contribution in [2.24, 2.45) is 0 Å². The second-order valence-corrected chi connectivity index (χ2v) is 7.67. The van der Waals surface area contributed by atoms with Crippen molar-refractivity contribution in [3.63, 3.8) is 0 Å². The molecule has 2 aromatic carbocycles. The van der Waals surface area contributed by atoms with Crippen LogP contribution in [-0.4, -0.2) is 9.97 Å². The summed E-state index contributed by atoms with van der Waals surface area (Å²) in [5.41, 5.74) is 4.38. The third-order valence-electron chi connectivity index (χ3n) is 3.97. The lowest BCUT2D eigenvalue weighted by molar-refractivity contribution is 0.980. The number of hydrogen-bond donors (Lipinski definition) is 1. The number of nitrogens with one attached hydrogen (secondary N) is 1. The van der Waals surface area contributed by atoms with E-state index in [-0.39, 0.29) is 5.56 Å². The average Bonchev–Trinajstić information content (AvgIpc) is 3.05. The second-order valence-electron chi connectivity index (χ2n) is 5.84. The molecule has 25 heavy (non-hydrogen) atoms. The smallest absolute Gasteiger partial charge is 0.260 e. The Morgan fingerprint density at radius 1 is 1.12 bits per heavy atom. The fourth-order valence-corrected chi connectivity index (χ4v) is 4.59. The number of hydrogen-bond acceptors (Lipinski definition) is 4.